The lowest BCUT2D eigenvalue weighted by molar-refractivity contribution is -0.129. The van der Waals surface area contributed by atoms with Gasteiger partial charge in [-0.3, -0.25) is 9.59 Å². The molecule has 1 aromatic carbocycles. The smallest absolute Gasteiger partial charge is 0.269 e. The van der Waals surface area contributed by atoms with Gasteiger partial charge in [-0.15, -0.1) is 0 Å². The van der Waals surface area contributed by atoms with E-state index in [1.807, 2.05) is 18.2 Å². The molecule has 0 spiro atoms. The summed E-state index contributed by atoms with van der Waals surface area (Å²) < 4.78 is 1.25. The second kappa shape index (κ2) is 6.19. The number of benzene rings is 1. The Balaban J connectivity index is 1.65. The number of hydrogen-bond donors (Lipinski definition) is 3. The first-order chi connectivity index (χ1) is 11.0. The van der Waals surface area contributed by atoms with Crippen molar-refractivity contribution >= 4 is 34.5 Å². The van der Waals surface area contributed by atoms with Gasteiger partial charge >= 0.3 is 0 Å². The number of rotatable bonds is 3. The number of nitrogens with one attached hydrogen (secondary N) is 1. The Hall–Kier alpha value is -2.09. The minimum atomic E-state index is -0.944. The number of hydrogen-bond acceptors (Lipinski definition) is 4. The highest BCUT2D eigenvalue weighted by atomic mass is 35.5. The molecular formula is C15H16ClN3O4. The van der Waals surface area contributed by atoms with Crippen LogP contribution in [0, 0.1) is 0 Å². The van der Waals surface area contributed by atoms with Crippen molar-refractivity contribution in [3.8, 4) is 0 Å². The average molecular weight is 338 g/mol. The third-order valence-corrected chi connectivity index (χ3v) is 4.26. The Morgan fingerprint density at radius 3 is 2.52 bits per heavy atom. The molecule has 0 radical (unpaired) electrons. The lowest BCUT2D eigenvalue weighted by Gasteiger charge is -2.15. The fourth-order valence-electron chi connectivity index (χ4n) is 2.61. The maximum absolute atomic E-state index is 12.2. The number of halogens is 1. The number of para-hydroxylation sites is 1. The minimum absolute atomic E-state index is 0.0612. The molecule has 1 aliphatic heterocycles. The molecule has 0 saturated carbocycles. The topological polar surface area (TPSA) is 94.8 Å². The Morgan fingerprint density at radius 2 is 1.87 bits per heavy atom. The van der Waals surface area contributed by atoms with Crippen molar-refractivity contribution in [3.05, 3.63) is 36.0 Å². The number of β-amino-alcohol motifs (C(OH)–C–C–N with tert-alkyl or cyclic N) is 2. The first-order valence-electron chi connectivity index (χ1n) is 7.16. The van der Waals surface area contributed by atoms with Crippen LogP contribution in [-0.2, 0) is 4.79 Å². The number of carbonyl (C=O) groups is 2. The average Bonchev–Trinajstić information content (AvgIpc) is 3.06. The number of fused-ring (bicyclic) bond motifs is 1. The zero-order valence-corrected chi connectivity index (χ0v) is 12.9. The molecule has 3 rings (SSSR count). The quantitative estimate of drug-likeness (QED) is 0.731. The molecule has 1 aromatic heterocycles. The third kappa shape index (κ3) is 3.03. The number of aliphatic hydroxyl groups excluding tert-OH is 2. The molecule has 7 nitrogen and oxygen atoms in total. The molecule has 122 valence electrons. The van der Waals surface area contributed by atoms with Crippen LogP contribution < -0.4 is 5.32 Å². The molecule has 8 heteroatoms. The van der Waals surface area contributed by atoms with Gasteiger partial charge in [0.25, 0.3) is 5.91 Å². The Labute approximate surface area is 137 Å². The highest BCUT2D eigenvalue weighted by Crippen LogP contribution is 2.20. The monoisotopic (exact) mass is 337 g/mol. The van der Waals surface area contributed by atoms with Gasteiger partial charge in [-0.05, 0) is 12.1 Å². The first-order valence-corrected chi connectivity index (χ1v) is 7.50. The van der Waals surface area contributed by atoms with Crippen LogP contribution in [0.4, 0.5) is 0 Å². The lowest BCUT2D eigenvalue weighted by Crippen LogP contribution is -2.39. The van der Waals surface area contributed by atoms with E-state index in [2.05, 4.69) is 5.32 Å². The molecule has 2 amide bonds. The van der Waals surface area contributed by atoms with Crippen molar-refractivity contribution in [2.24, 2.45) is 0 Å². The van der Waals surface area contributed by atoms with E-state index in [4.69, 9.17) is 11.8 Å². The maximum Gasteiger partial charge on any atom is 0.269 e. The molecule has 0 bridgehead atoms. The van der Waals surface area contributed by atoms with Crippen LogP contribution in [0.25, 0.3) is 10.9 Å². The van der Waals surface area contributed by atoms with E-state index in [0.717, 1.165) is 5.39 Å². The first kappa shape index (κ1) is 15.8. The highest BCUT2D eigenvalue weighted by Gasteiger charge is 2.32. The van der Waals surface area contributed by atoms with E-state index in [1.165, 1.54) is 8.99 Å². The predicted octanol–water partition coefficient (Wildman–Crippen LogP) is -0.0630. The van der Waals surface area contributed by atoms with Crippen molar-refractivity contribution in [1.29, 1.82) is 0 Å². The van der Waals surface area contributed by atoms with Crippen molar-refractivity contribution in [2.45, 2.75) is 12.2 Å². The van der Waals surface area contributed by atoms with E-state index in [9.17, 15) is 19.8 Å². The molecule has 0 unspecified atom stereocenters. The van der Waals surface area contributed by atoms with Crippen molar-refractivity contribution in [3.63, 3.8) is 0 Å². The van der Waals surface area contributed by atoms with Gasteiger partial charge in [0.1, 0.15) is 5.69 Å². The maximum atomic E-state index is 12.2. The van der Waals surface area contributed by atoms with Gasteiger partial charge in [0.15, 0.2) is 0 Å². The van der Waals surface area contributed by atoms with Gasteiger partial charge in [0, 0.05) is 30.3 Å². The molecule has 0 aliphatic carbocycles. The van der Waals surface area contributed by atoms with Crippen molar-refractivity contribution in [2.75, 3.05) is 19.6 Å². The molecule has 2 heterocycles. The number of aliphatic hydroxyl groups is 2. The number of amides is 2. The SMILES string of the molecule is O=C(NCC(=O)N1C[C@@H](O)[C@@H](O)C1)c1cc2ccccc2n1Cl. The Morgan fingerprint density at radius 1 is 1.22 bits per heavy atom. The van der Waals surface area contributed by atoms with Crippen LogP contribution >= 0.6 is 11.8 Å². The summed E-state index contributed by atoms with van der Waals surface area (Å²) in [6.07, 6.45) is -1.89. The molecule has 2 atom stereocenters. The zero-order chi connectivity index (χ0) is 16.6. The van der Waals surface area contributed by atoms with Gasteiger partial charge in [0.2, 0.25) is 5.91 Å². The summed E-state index contributed by atoms with van der Waals surface area (Å²) in [5.41, 5.74) is 0.943. The number of likely N-dealkylation sites (tertiary alicyclic amines) is 1. The molecule has 1 fully saturated rings. The molecule has 23 heavy (non-hydrogen) atoms. The highest BCUT2D eigenvalue weighted by molar-refractivity contribution is 6.22. The second-order valence-electron chi connectivity index (χ2n) is 5.49. The Bertz CT molecular complexity index is 750. The molecular weight excluding hydrogens is 322 g/mol. The summed E-state index contributed by atoms with van der Waals surface area (Å²) in [5.74, 6) is -0.837. The van der Waals surface area contributed by atoms with Gasteiger partial charge in [-0.25, -0.2) is 4.09 Å². The third-order valence-electron chi connectivity index (χ3n) is 3.90. The summed E-state index contributed by atoms with van der Waals surface area (Å²) in [7, 11) is 0. The van der Waals surface area contributed by atoms with E-state index in [1.54, 1.807) is 12.1 Å². The normalized spacial score (nSPS) is 20.9. The lowest BCUT2D eigenvalue weighted by atomic mass is 10.2. The van der Waals surface area contributed by atoms with Crippen LogP contribution in [0.1, 0.15) is 10.5 Å². The summed E-state index contributed by atoms with van der Waals surface area (Å²) in [5, 5.41) is 22.2. The fourth-order valence-corrected chi connectivity index (χ4v) is 2.89. The van der Waals surface area contributed by atoms with Gasteiger partial charge in [-0.2, -0.15) is 0 Å². The fraction of sp³-hybridized carbons (Fsp3) is 0.333. The van der Waals surface area contributed by atoms with E-state index in [0.29, 0.717) is 5.52 Å². The van der Waals surface area contributed by atoms with E-state index in [-0.39, 0.29) is 31.2 Å². The predicted molar refractivity (Wildman–Crippen MR) is 84.1 cm³/mol. The number of nitrogens with zero attached hydrogens (tertiary/aromatic N) is 2. The van der Waals surface area contributed by atoms with Crippen molar-refractivity contribution in [1.82, 2.24) is 14.3 Å². The summed E-state index contributed by atoms with van der Waals surface area (Å²) in [4.78, 5) is 25.5. The molecule has 2 aromatic rings. The number of aromatic nitrogens is 1. The largest absolute Gasteiger partial charge is 0.388 e. The summed E-state index contributed by atoms with van der Waals surface area (Å²) in [6.45, 7) is -0.103. The zero-order valence-electron chi connectivity index (χ0n) is 12.1. The second-order valence-corrected chi connectivity index (χ2v) is 5.82. The minimum Gasteiger partial charge on any atom is -0.388 e. The van der Waals surface area contributed by atoms with Crippen LogP contribution in [0.3, 0.4) is 0 Å². The van der Waals surface area contributed by atoms with Crippen molar-refractivity contribution < 1.29 is 19.8 Å². The number of carbonyl (C=O) groups excluding carboxylic acids is 2. The summed E-state index contributed by atoms with van der Waals surface area (Å²) in [6, 6.07) is 8.93. The molecule has 1 saturated heterocycles. The van der Waals surface area contributed by atoms with E-state index < -0.39 is 18.1 Å². The van der Waals surface area contributed by atoms with Gasteiger partial charge in [0.05, 0.1) is 24.3 Å². The van der Waals surface area contributed by atoms with Crippen LogP contribution in [-0.4, -0.2) is 62.9 Å². The molecule has 1 aliphatic rings. The van der Waals surface area contributed by atoms with Crippen LogP contribution in [0.2, 0.25) is 0 Å². The van der Waals surface area contributed by atoms with Crippen LogP contribution in [0.5, 0.6) is 0 Å². The Kier molecular flexibility index (Phi) is 4.25. The standard InChI is InChI=1S/C15H16ClN3O4/c16-19-10-4-2-1-3-9(10)5-11(19)15(23)17-6-14(22)18-7-12(20)13(21)8-18/h1-5,12-13,20-21H,6-8H2,(H,17,23)/t12-,13+. The van der Waals surface area contributed by atoms with E-state index >= 15 is 0 Å². The summed E-state index contributed by atoms with van der Waals surface area (Å²) >= 11 is 6.13. The van der Waals surface area contributed by atoms with Gasteiger partial charge < -0.3 is 20.4 Å². The van der Waals surface area contributed by atoms with Gasteiger partial charge in [-0.1, -0.05) is 18.2 Å². The molecule has 3 N–H and O–H groups in total. The van der Waals surface area contributed by atoms with Crippen LogP contribution in [0.15, 0.2) is 30.3 Å².